The van der Waals surface area contributed by atoms with E-state index in [0.29, 0.717) is 6.61 Å². The standard InChI is InChI=1S/C18H15N3O/c1-12-9-10-13-5-4-8-16(18(13)19-12)22-11-17-20-14-6-2-3-7-15(14)21-17/h2-10H,11H2,1H3,(H,20,21). The first-order valence-corrected chi connectivity index (χ1v) is 7.22. The minimum atomic E-state index is 0.392. The highest BCUT2D eigenvalue weighted by Crippen LogP contribution is 2.24. The van der Waals surface area contributed by atoms with Gasteiger partial charge in [0.1, 0.15) is 23.7 Å². The molecule has 0 fully saturated rings. The summed E-state index contributed by atoms with van der Waals surface area (Å²) in [5.41, 5.74) is 3.84. The molecule has 2 aromatic carbocycles. The molecule has 4 heteroatoms. The number of aromatic amines is 1. The average molecular weight is 289 g/mol. The Labute approximate surface area is 127 Å². The predicted molar refractivity (Wildman–Crippen MR) is 86.9 cm³/mol. The van der Waals surface area contributed by atoms with Crippen LogP contribution in [0, 0.1) is 6.92 Å². The van der Waals surface area contributed by atoms with Crippen LogP contribution >= 0.6 is 0 Å². The fourth-order valence-electron chi connectivity index (χ4n) is 2.55. The van der Waals surface area contributed by atoms with Crippen LogP contribution in [0.2, 0.25) is 0 Å². The zero-order valence-electron chi connectivity index (χ0n) is 12.2. The third-order valence-electron chi connectivity index (χ3n) is 3.63. The number of nitrogens with one attached hydrogen (secondary N) is 1. The number of benzene rings is 2. The van der Waals surface area contributed by atoms with Gasteiger partial charge in [0.25, 0.3) is 0 Å². The number of fused-ring (bicyclic) bond motifs is 2. The maximum absolute atomic E-state index is 5.93. The molecule has 4 aromatic rings. The average Bonchev–Trinajstić information content (AvgIpc) is 2.95. The Balaban J connectivity index is 1.64. The summed E-state index contributed by atoms with van der Waals surface area (Å²) in [6.07, 6.45) is 0. The molecule has 0 aliphatic heterocycles. The molecule has 2 heterocycles. The van der Waals surface area contributed by atoms with Crippen molar-refractivity contribution in [2.75, 3.05) is 0 Å². The van der Waals surface area contributed by atoms with Gasteiger partial charge < -0.3 is 9.72 Å². The van der Waals surface area contributed by atoms with E-state index in [1.807, 2.05) is 55.5 Å². The monoisotopic (exact) mass is 289 g/mol. The van der Waals surface area contributed by atoms with E-state index in [-0.39, 0.29) is 0 Å². The lowest BCUT2D eigenvalue weighted by Crippen LogP contribution is -1.99. The summed E-state index contributed by atoms with van der Waals surface area (Å²) in [6.45, 7) is 2.37. The number of aryl methyl sites for hydroxylation is 1. The van der Waals surface area contributed by atoms with Crippen LogP contribution in [-0.2, 0) is 6.61 Å². The molecule has 1 N–H and O–H groups in total. The minimum absolute atomic E-state index is 0.392. The molecule has 0 unspecified atom stereocenters. The minimum Gasteiger partial charge on any atom is -0.483 e. The lowest BCUT2D eigenvalue weighted by molar-refractivity contribution is 0.300. The molecule has 0 aliphatic rings. The molecule has 108 valence electrons. The van der Waals surface area contributed by atoms with Crippen LogP contribution in [-0.4, -0.2) is 15.0 Å². The van der Waals surface area contributed by atoms with Crippen molar-refractivity contribution in [3.8, 4) is 5.75 Å². The second-order valence-electron chi connectivity index (χ2n) is 5.27. The first kappa shape index (κ1) is 12.8. The summed E-state index contributed by atoms with van der Waals surface area (Å²) >= 11 is 0. The Hall–Kier alpha value is -2.88. The molecule has 4 nitrogen and oxygen atoms in total. The Bertz CT molecular complexity index is 926. The predicted octanol–water partition coefficient (Wildman–Crippen LogP) is 4.00. The van der Waals surface area contributed by atoms with Crippen molar-refractivity contribution in [2.24, 2.45) is 0 Å². The maximum atomic E-state index is 5.93. The molecule has 0 spiro atoms. The molecule has 0 radical (unpaired) electrons. The Kier molecular flexibility index (Phi) is 3.00. The quantitative estimate of drug-likeness (QED) is 0.620. The van der Waals surface area contributed by atoms with Crippen molar-refractivity contribution in [1.29, 1.82) is 0 Å². The van der Waals surface area contributed by atoms with Crippen LogP contribution in [0.1, 0.15) is 11.5 Å². The molecular weight excluding hydrogens is 274 g/mol. The van der Waals surface area contributed by atoms with Crippen molar-refractivity contribution < 1.29 is 4.74 Å². The van der Waals surface area contributed by atoms with Crippen molar-refractivity contribution in [1.82, 2.24) is 15.0 Å². The number of aromatic nitrogens is 3. The third-order valence-corrected chi connectivity index (χ3v) is 3.63. The van der Waals surface area contributed by atoms with Crippen molar-refractivity contribution in [3.63, 3.8) is 0 Å². The van der Waals surface area contributed by atoms with Gasteiger partial charge in [-0.2, -0.15) is 0 Å². The van der Waals surface area contributed by atoms with Crippen LogP contribution < -0.4 is 4.74 Å². The largest absolute Gasteiger partial charge is 0.483 e. The third kappa shape index (κ3) is 2.29. The van der Waals surface area contributed by atoms with Crippen LogP contribution in [0.5, 0.6) is 5.75 Å². The van der Waals surface area contributed by atoms with E-state index in [4.69, 9.17) is 4.74 Å². The lowest BCUT2D eigenvalue weighted by Gasteiger charge is -2.07. The molecule has 0 aliphatic carbocycles. The molecule has 4 rings (SSSR count). The Morgan fingerprint density at radius 1 is 0.955 bits per heavy atom. The summed E-state index contributed by atoms with van der Waals surface area (Å²) in [6, 6.07) is 18.0. The van der Waals surface area contributed by atoms with Gasteiger partial charge in [0.2, 0.25) is 0 Å². The molecule has 0 saturated carbocycles. The van der Waals surface area contributed by atoms with Crippen molar-refractivity contribution in [2.45, 2.75) is 13.5 Å². The van der Waals surface area contributed by atoms with Crippen molar-refractivity contribution in [3.05, 3.63) is 66.1 Å². The number of imidazole rings is 1. The van der Waals surface area contributed by atoms with Crippen LogP contribution in [0.4, 0.5) is 0 Å². The number of para-hydroxylation sites is 3. The van der Waals surface area contributed by atoms with E-state index < -0.39 is 0 Å². The topological polar surface area (TPSA) is 50.8 Å². The van der Waals surface area contributed by atoms with Gasteiger partial charge in [-0.05, 0) is 31.2 Å². The highest BCUT2D eigenvalue weighted by atomic mass is 16.5. The number of nitrogens with zero attached hydrogens (tertiary/aromatic N) is 2. The number of hydrogen-bond donors (Lipinski definition) is 1. The summed E-state index contributed by atoms with van der Waals surface area (Å²) in [5, 5.41) is 1.08. The van der Waals surface area contributed by atoms with E-state index in [9.17, 15) is 0 Å². The van der Waals surface area contributed by atoms with Gasteiger partial charge in [-0.1, -0.05) is 30.3 Å². The Morgan fingerprint density at radius 2 is 1.86 bits per heavy atom. The second-order valence-corrected chi connectivity index (χ2v) is 5.27. The molecule has 2 aromatic heterocycles. The van der Waals surface area contributed by atoms with Crippen LogP contribution in [0.3, 0.4) is 0 Å². The second kappa shape index (κ2) is 5.15. The lowest BCUT2D eigenvalue weighted by atomic mass is 10.2. The smallest absolute Gasteiger partial charge is 0.146 e. The van der Waals surface area contributed by atoms with E-state index >= 15 is 0 Å². The number of hydrogen-bond acceptors (Lipinski definition) is 3. The first-order chi connectivity index (χ1) is 10.8. The zero-order valence-corrected chi connectivity index (χ0v) is 12.2. The van der Waals surface area contributed by atoms with Crippen molar-refractivity contribution >= 4 is 21.9 Å². The normalized spacial score (nSPS) is 11.1. The van der Waals surface area contributed by atoms with E-state index in [0.717, 1.165) is 39.2 Å². The molecule has 22 heavy (non-hydrogen) atoms. The summed E-state index contributed by atoms with van der Waals surface area (Å²) < 4.78 is 5.93. The highest BCUT2D eigenvalue weighted by molar-refractivity contribution is 5.84. The maximum Gasteiger partial charge on any atom is 0.146 e. The number of H-pyrrole nitrogens is 1. The van der Waals surface area contributed by atoms with Crippen LogP contribution in [0.15, 0.2) is 54.6 Å². The SMILES string of the molecule is Cc1ccc2cccc(OCc3nc4ccccc4[nH]3)c2n1. The van der Waals surface area contributed by atoms with Gasteiger partial charge in [0, 0.05) is 11.1 Å². The van der Waals surface area contributed by atoms with Gasteiger partial charge in [-0.15, -0.1) is 0 Å². The first-order valence-electron chi connectivity index (χ1n) is 7.22. The number of ether oxygens (including phenoxy) is 1. The molecular formula is C18H15N3O. The van der Waals surface area contributed by atoms with E-state index in [2.05, 4.69) is 21.0 Å². The fourth-order valence-corrected chi connectivity index (χ4v) is 2.55. The van der Waals surface area contributed by atoms with E-state index in [1.165, 1.54) is 0 Å². The molecule has 0 saturated heterocycles. The van der Waals surface area contributed by atoms with Gasteiger partial charge in [0.15, 0.2) is 0 Å². The van der Waals surface area contributed by atoms with Gasteiger partial charge in [-0.3, -0.25) is 0 Å². The molecule has 0 bridgehead atoms. The van der Waals surface area contributed by atoms with Crippen LogP contribution in [0.25, 0.3) is 21.9 Å². The number of pyridine rings is 1. The summed E-state index contributed by atoms with van der Waals surface area (Å²) in [5.74, 6) is 1.59. The van der Waals surface area contributed by atoms with E-state index in [1.54, 1.807) is 0 Å². The number of rotatable bonds is 3. The van der Waals surface area contributed by atoms with Gasteiger partial charge in [0.05, 0.1) is 11.0 Å². The molecule has 0 atom stereocenters. The fraction of sp³-hybridized carbons (Fsp3) is 0.111. The highest BCUT2D eigenvalue weighted by Gasteiger charge is 2.06. The van der Waals surface area contributed by atoms with Gasteiger partial charge >= 0.3 is 0 Å². The summed E-state index contributed by atoms with van der Waals surface area (Å²) in [7, 11) is 0. The summed E-state index contributed by atoms with van der Waals surface area (Å²) in [4.78, 5) is 12.4. The molecule has 0 amide bonds. The Morgan fingerprint density at radius 3 is 2.77 bits per heavy atom. The van der Waals surface area contributed by atoms with Gasteiger partial charge in [-0.25, -0.2) is 9.97 Å². The zero-order chi connectivity index (χ0) is 14.9.